The Bertz CT molecular complexity index is 1440. The molecule has 0 aliphatic carbocycles. The molecule has 5 rings (SSSR count). The van der Waals surface area contributed by atoms with Gasteiger partial charge in [-0.3, -0.25) is 4.79 Å². The first-order chi connectivity index (χ1) is 15.5. The van der Waals surface area contributed by atoms with Crippen LogP contribution in [0.1, 0.15) is 21.5 Å². The summed E-state index contributed by atoms with van der Waals surface area (Å²) in [5, 5.41) is 19.8. The second kappa shape index (κ2) is 7.75. The van der Waals surface area contributed by atoms with E-state index in [2.05, 4.69) is 9.98 Å². The molecule has 8 heteroatoms. The van der Waals surface area contributed by atoms with Crippen LogP contribution >= 0.6 is 11.3 Å². The van der Waals surface area contributed by atoms with Gasteiger partial charge in [-0.15, -0.1) is 0 Å². The quantitative estimate of drug-likeness (QED) is 0.453. The first-order valence-electron chi connectivity index (χ1n) is 9.63. The zero-order valence-electron chi connectivity index (χ0n) is 16.5. The number of rotatable bonds is 4. The Morgan fingerprint density at radius 1 is 1.00 bits per heavy atom. The van der Waals surface area contributed by atoms with Crippen LogP contribution in [-0.2, 0) is 4.79 Å². The summed E-state index contributed by atoms with van der Waals surface area (Å²) in [6.45, 7) is 0. The van der Waals surface area contributed by atoms with Crippen molar-refractivity contribution >= 4 is 50.5 Å². The molecule has 0 saturated carbocycles. The smallest absolute Gasteiger partial charge is 0.335 e. The van der Waals surface area contributed by atoms with E-state index in [0.29, 0.717) is 26.7 Å². The van der Waals surface area contributed by atoms with Gasteiger partial charge in [0.25, 0.3) is 5.91 Å². The summed E-state index contributed by atoms with van der Waals surface area (Å²) in [5.41, 5.74) is 2.11. The number of aliphatic imine (C=N–C) groups is 1. The molecule has 2 heterocycles. The lowest BCUT2D eigenvalue weighted by atomic mass is 10.1. The van der Waals surface area contributed by atoms with Crippen molar-refractivity contribution in [3.8, 4) is 5.75 Å². The van der Waals surface area contributed by atoms with Gasteiger partial charge in [0.05, 0.1) is 15.8 Å². The molecule has 1 aliphatic rings. The lowest BCUT2D eigenvalue weighted by molar-refractivity contribution is -0.113. The molecule has 4 aromatic rings. The summed E-state index contributed by atoms with van der Waals surface area (Å²) in [7, 11) is 0. The first kappa shape index (κ1) is 19.7. The van der Waals surface area contributed by atoms with E-state index < -0.39 is 5.97 Å². The molecule has 3 aromatic carbocycles. The number of nitrogens with zero attached hydrogens (tertiary/aromatic N) is 3. The summed E-state index contributed by atoms with van der Waals surface area (Å²) >= 11 is 1.21. The molecule has 0 fully saturated rings. The number of aromatic nitrogens is 1. The minimum atomic E-state index is -1.03. The van der Waals surface area contributed by atoms with Crippen LogP contribution in [-0.4, -0.2) is 32.9 Å². The molecule has 1 amide bonds. The number of hydrogen-bond acceptors (Lipinski definition) is 6. The van der Waals surface area contributed by atoms with E-state index in [4.69, 9.17) is 0 Å². The van der Waals surface area contributed by atoms with Crippen LogP contribution < -0.4 is 4.90 Å². The van der Waals surface area contributed by atoms with E-state index >= 15 is 0 Å². The summed E-state index contributed by atoms with van der Waals surface area (Å²) in [5.74, 6) is -0.957. The Kier molecular flexibility index (Phi) is 4.76. The molecular formula is C24H15N3O4S. The van der Waals surface area contributed by atoms with E-state index in [-0.39, 0.29) is 22.9 Å². The van der Waals surface area contributed by atoms with Gasteiger partial charge in [0.1, 0.15) is 17.3 Å². The molecule has 156 valence electrons. The SMILES string of the molecule is O=C(O)c1ccc2nc(N3C(=O)/C(=C/c4ccccc4O)N=C3c3ccccc3)sc2c1. The monoisotopic (exact) mass is 441 g/mol. The summed E-state index contributed by atoms with van der Waals surface area (Å²) < 4.78 is 0.651. The molecule has 0 unspecified atom stereocenters. The molecule has 0 spiro atoms. The van der Waals surface area contributed by atoms with Crippen molar-refractivity contribution in [3.05, 3.63) is 95.2 Å². The van der Waals surface area contributed by atoms with Crippen molar-refractivity contribution in [2.75, 3.05) is 4.90 Å². The second-order valence-electron chi connectivity index (χ2n) is 7.01. The van der Waals surface area contributed by atoms with Gasteiger partial charge >= 0.3 is 5.97 Å². The fourth-order valence-electron chi connectivity index (χ4n) is 3.37. The van der Waals surface area contributed by atoms with Crippen LogP contribution in [0.2, 0.25) is 0 Å². The van der Waals surface area contributed by atoms with Crippen LogP contribution in [0, 0.1) is 0 Å². The molecular weight excluding hydrogens is 426 g/mol. The van der Waals surface area contributed by atoms with Crippen molar-refractivity contribution in [2.45, 2.75) is 0 Å². The molecule has 32 heavy (non-hydrogen) atoms. The number of aromatic carboxylic acids is 1. The van der Waals surface area contributed by atoms with Gasteiger partial charge in [-0.1, -0.05) is 59.9 Å². The molecule has 1 aliphatic heterocycles. The van der Waals surface area contributed by atoms with E-state index in [9.17, 15) is 19.8 Å². The van der Waals surface area contributed by atoms with Gasteiger partial charge in [0, 0.05) is 11.1 Å². The van der Waals surface area contributed by atoms with Crippen molar-refractivity contribution in [1.82, 2.24) is 4.98 Å². The van der Waals surface area contributed by atoms with Crippen LogP contribution in [0.15, 0.2) is 83.5 Å². The second-order valence-corrected chi connectivity index (χ2v) is 8.02. The van der Waals surface area contributed by atoms with Crippen LogP contribution in [0.5, 0.6) is 5.75 Å². The largest absolute Gasteiger partial charge is 0.507 e. The van der Waals surface area contributed by atoms with E-state index in [1.165, 1.54) is 34.4 Å². The standard InChI is InChI=1S/C24H15N3O4S/c28-19-9-5-4-8-15(19)12-18-22(29)27(21(25-18)14-6-2-1-3-7-14)24-26-17-11-10-16(23(30)31)13-20(17)32-24/h1-13,28H,(H,30,31)/b18-12-. The molecule has 2 N–H and O–H groups in total. The van der Waals surface area contributed by atoms with E-state index in [1.807, 2.05) is 30.3 Å². The number of anilines is 1. The molecule has 1 aromatic heterocycles. The third-order valence-corrected chi connectivity index (χ3v) is 5.94. The number of fused-ring (bicyclic) bond motifs is 1. The number of hydrogen-bond donors (Lipinski definition) is 2. The van der Waals surface area contributed by atoms with Gasteiger partial charge in [-0.05, 0) is 30.3 Å². The van der Waals surface area contributed by atoms with Crippen molar-refractivity contribution in [2.24, 2.45) is 4.99 Å². The number of carbonyl (C=O) groups is 2. The molecule has 7 nitrogen and oxygen atoms in total. The number of thiazole rings is 1. The Hall–Kier alpha value is -4.30. The van der Waals surface area contributed by atoms with Gasteiger partial charge in [-0.2, -0.15) is 0 Å². The molecule has 0 radical (unpaired) electrons. The number of benzene rings is 3. The van der Waals surface area contributed by atoms with Crippen molar-refractivity contribution in [3.63, 3.8) is 0 Å². The predicted octanol–water partition coefficient (Wildman–Crippen LogP) is 4.53. The maximum atomic E-state index is 13.4. The Labute approximate surface area is 186 Å². The van der Waals surface area contributed by atoms with Gasteiger partial charge in [0.2, 0.25) is 0 Å². The van der Waals surface area contributed by atoms with Crippen molar-refractivity contribution in [1.29, 1.82) is 0 Å². The number of amidine groups is 1. The van der Waals surface area contributed by atoms with Crippen LogP contribution in [0.4, 0.5) is 5.13 Å². The van der Waals surface area contributed by atoms with Gasteiger partial charge < -0.3 is 10.2 Å². The average Bonchev–Trinajstić information content (AvgIpc) is 3.36. The molecule has 0 saturated heterocycles. The highest BCUT2D eigenvalue weighted by Crippen LogP contribution is 2.35. The fourth-order valence-corrected chi connectivity index (χ4v) is 4.38. The third kappa shape index (κ3) is 3.42. The number of amides is 1. The number of aromatic hydroxyl groups is 1. The minimum Gasteiger partial charge on any atom is -0.507 e. The normalized spacial score (nSPS) is 14.9. The highest BCUT2D eigenvalue weighted by Gasteiger charge is 2.34. The number of para-hydroxylation sites is 1. The summed E-state index contributed by atoms with van der Waals surface area (Å²) in [4.78, 5) is 35.2. The zero-order chi connectivity index (χ0) is 22.2. The van der Waals surface area contributed by atoms with E-state index in [0.717, 1.165) is 5.56 Å². The number of carbonyl (C=O) groups excluding carboxylic acids is 1. The van der Waals surface area contributed by atoms with Crippen molar-refractivity contribution < 1.29 is 19.8 Å². The van der Waals surface area contributed by atoms with Crippen LogP contribution in [0.25, 0.3) is 16.3 Å². The molecule has 0 bridgehead atoms. The Morgan fingerprint density at radius 3 is 2.50 bits per heavy atom. The number of phenolic OH excluding ortho intramolecular Hbond substituents is 1. The van der Waals surface area contributed by atoms with E-state index in [1.54, 1.807) is 30.3 Å². The maximum absolute atomic E-state index is 13.4. The molecule has 0 atom stereocenters. The van der Waals surface area contributed by atoms with Crippen LogP contribution in [0.3, 0.4) is 0 Å². The average molecular weight is 441 g/mol. The van der Waals surface area contributed by atoms with Gasteiger partial charge in [0.15, 0.2) is 5.13 Å². The zero-order valence-corrected chi connectivity index (χ0v) is 17.3. The predicted molar refractivity (Wildman–Crippen MR) is 123 cm³/mol. The topological polar surface area (TPSA) is 103 Å². The third-order valence-electron chi connectivity index (χ3n) is 4.94. The number of carboxylic acid groups (broad SMARTS) is 1. The lowest BCUT2D eigenvalue weighted by Gasteiger charge is -2.14. The minimum absolute atomic E-state index is 0.0453. The van der Waals surface area contributed by atoms with Gasteiger partial charge in [-0.25, -0.2) is 19.7 Å². The number of carboxylic acids is 1. The highest BCUT2D eigenvalue weighted by molar-refractivity contribution is 7.22. The highest BCUT2D eigenvalue weighted by atomic mass is 32.1. The first-order valence-corrected chi connectivity index (χ1v) is 10.4. The summed E-state index contributed by atoms with van der Waals surface area (Å²) in [6, 6.07) is 20.6. The maximum Gasteiger partial charge on any atom is 0.335 e. The summed E-state index contributed by atoms with van der Waals surface area (Å²) in [6.07, 6.45) is 1.54. The number of phenols is 1. The lowest BCUT2D eigenvalue weighted by Crippen LogP contribution is -2.32. The Balaban J connectivity index is 1.64. The fraction of sp³-hybridized carbons (Fsp3) is 0. The Morgan fingerprint density at radius 2 is 1.75 bits per heavy atom.